The number of ether oxygens (including phenoxy) is 2. The molecule has 0 aliphatic carbocycles. The van der Waals surface area contributed by atoms with E-state index in [2.05, 4.69) is 9.88 Å². The highest BCUT2D eigenvalue weighted by molar-refractivity contribution is 5.80. The normalized spacial score (nSPS) is 16.2. The van der Waals surface area contributed by atoms with Crippen molar-refractivity contribution in [1.82, 2.24) is 14.9 Å². The maximum atomic E-state index is 13.0. The summed E-state index contributed by atoms with van der Waals surface area (Å²) in [6.07, 6.45) is 4.24. The lowest BCUT2D eigenvalue weighted by molar-refractivity contribution is -0.131. The third-order valence-electron chi connectivity index (χ3n) is 5.89. The van der Waals surface area contributed by atoms with Crippen LogP contribution >= 0.6 is 0 Å². The Kier molecular flexibility index (Phi) is 5.92. The van der Waals surface area contributed by atoms with Crippen molar-refractivity contribution in [3.8, 4) is 11.5 Å². The van der Waals surface area contributed by atoms with Gasteiger partial charge < -0.3 is 19.3 Å². The predicted octanol–water partition coefficient (Wildman–Crippen LogP) is 1.90. The molecule has 8 nitrogen and oxygen atoms in total. The molecule has 0 atom stereocenters. The first-order valence-electron chi connectivity index (χ1n) is 10.4. The standard InChI is InChI=1S/C22H28N4O4/c1-29-16-6-7-19(30-2)15(12-16)13-20(27)26-11-8-18-17(14-26)21(28)24-22(23-18)25-9-4-3-5-10-25/h6-7,12H,3-5,8-11,13-14H2,1-2H3,(H,23,24,28). The molecule has 1 aromatic heterocycles. The molecule has 8 heteroatoms. The number of nitrogens with zero attached hydrogens (tertiary/aromatic N) is 3. The van der Waals surface area contributed by atoms with Crippen LogP contribution in [0.15, 0.2) is 23.0 Å². The number of methoxy groups -OCH3 is 2. The van der Waals surface area contributed by atoms with Gasteiger partial charge in [-0.2, -0.15) is 0 Å². The number of hydrogen-bond donors (Lipinski definition) is 1. The topological polar surface area (TPSA) is 87.8 Å². The third kappa shape index (κ3) is 4.13. The van der Waals surface area contributed by atoms with Gasteiger partial charge in [-0.3, -0.25) is 14.6 Å². The summed E-state index contributed by atoms with van der Waals surface area (Å²) in [6, 6.07) is 5.41. The average Bonchev–Trinajstić information content (AvgIpc) is 2.79. The van der Waals surface area contributed by atoms with Crippen LogP contribution in [0.5, 0.6) is 11.5 Å². The molecule has 3 heterocycles. The molecular weight excluding hydrogens is 384 g/mol. The molecule has 2 aliphatic rings. The highest BCUT2D eigenvalue weighted by Gasteiger charge is 2.26. The summed E-state index contributed by atoms with van der Waals surface area (Å²) >= 11 is 0. The van der Waals surface area contributed by atoms with Gasteiger partial charge in [-0.1, -0.05) is 0 Å². The number of fused-ring (bicyclic) bond motifs is 1. The van der Waals surface area contributed by atoms with E-state index in [9.17, 15) is 9.59 Å². The first kappa shape index (κ1) is 20.3. The van der Waals surface area contributed by atoms with Crippen LogP contribution < -0.4 is 19.9 Å². The highest BCUT2D eigenvalue weighted by Crippen LogP contribution is 2.26. The van der Waals surface area contributed by atoms with E-state index in [-0.39, 0.29) is 24.4 Å². The molecule has 1 saturated heterocycles. The quantitative estimate of drug-likeness (QED) is 0.807. The van der Waals surface area contributed by atoms with E-state index < -0.39 is 0 Å². The van der Waals surface area contributed by atoms with Crippen molar-refractivity contribution >= 4 is 11.9 Å². The summed E-state index contributed by atoms with van der Waals surface area (Å²) in [5, 5.41) is 0. The molecule has 1 aromatic carbocycles. The van der Waals surface area contributed by atoms with Gasteiger partial charge in [0.05, 0.1) is 38.4 Å². The molecular formula is C22H28N4O4. The van der Waals surface area contributed by atoms with Crippen LogP contribution in [0, 0.1) is 0 Å². The van der Waals surface area contributed by atoms with Gasteiger partial charge in [0.2, 0.25) is 11.9 Å². The minimum atomic E-state index is -0.142. The Balaban J connectivity index is 1.50. The summed E-state index contributed by atoms with van der Waals surface area (Å²) in [4.78, 5) is 37.2. The van der Waals surface area contributed by atoms with Gasteiger partial charge in [-0.05, 0) is 37.5 Å². The van der Waals surface area contributed by atoms with E-state index in [1.807, 2.05) is 6.07 Å². The number of hydrogen-bond acceptors (Lipinski definition) is 6. The zero-order valence-electron chi connectivity index (χ0n) is 17.6. The van der Waals surface area contributed by atoms with Crippen LogP contribution in [0.2, 0.25) is 0 Å². The fourth-order valence-electron chi connectivity index (χ4n) is 4.18. The second-order valence-electron chi connectivity index (χ2n) is 7.78. The van der Waals surface area contributed by atoms with E-state index in [1.54, 1.807) is 31.3 Å². The van der Waals surface area contributed by atoms with Crippen molar-refractivity contribution < 1.29 is 14.3 Å². The fraction of sp³-hybridized carbons (Fsp3) is 0.500. The molecule has 160 valence electrons. The molecule has 1 N–H and O–H groups in total. The van der Waals surface area contributed by atoms with Crippen LogP contribution in [-0.2, 0) is 24.2 Å². The Morgan fingerprint density at radius 1 is 1.13 bits per heavy atom. The van der Waals surface area contributed by atoms with Gasteiger partial charge in [-0.25, -0.2) is 4.98 Å². The SMILES string of the molecule is COc1ccc(OC)c(CC(=O)N2CCc3nc(N4CCCCC4)[nH]c(=O)c3C2)c1. The van der Waals surface area contributed by atoms with Crippen LogP contribution in [-0.4, -0.2) is 54.6 Å². The molecule has 2 aliphatic heterocycles. The largest absolute Gasteiger partial charge is 0.497 e. The number of H-pyrrole nitrogens is 1. The number of benzene rings is 1. The zero-order chi connectivity index (χ0) is 21.1. The Labute approximate surface area is 175 Å². The molecule has 0 bridgehead atoms. The molecule has 0 radical (unpaired) electrons. The van der Waals surface area contributed by atoms with Crippen LogP contribution in [0.3, 0.4) is 0 Å². The Morgan fingerprint density at radius 3 is 2.67 bits per heavy atom. The highest BCUT2D eigenvalue weighted by atomic mass is 16.5. The number of aromatic amines is 1. The van der Waals surface area contributed by atoms with Crippen molar-refractivity contribution in [3.63, 3.8) is 0 Å². The summed E-state index contributed by atoms with van der Waals surface area (Å²) in [5.74, 6) is 1.94. The Bertz CT molecular complexity index is 982. The van der Waals surface area contributed by atoms with Crippen LogP contribution in [0.4, 0.5) is 5.95 Å². The lowest BCUT2D eigenvalue weighted by Gasteiger charge is -2.31. The molecule has 0 saturated carbocycles. The number of rotatable bonds is 5. The zero-order valence-corrected chi connectivity index (χ0v) is 17.6. The molecule has 1 amide bonds. The second-order valence-corrected chi connectivity index (χ2v) is 7.78. The molecule has 0 spiro atoms. The van der Waals surface area contributed by atoms with Gasteiger partial charge in [-0.15, -0.1) is 0 Å². The minimum absolute atomic E-state index is 0.0493. The number of carbonyl (C=O) groups is 1. The lowest BCUT2D eigenvalue weighted by Crippen LogP contribution is -2.41. The number of aromatic nitrogens is 2. The summed E-state index contributed by atoms with van der Waals surface area (Å²) in [7, 11) is 3.17. The average molecular weight is 412 g/mol. The summed E-state index contributed by atoms with van der Waals surface area (Å²) in [5.41, 5.74) is 2.02. The van der Waals surface area contributed by atoms with Gasteiger partial charge >= 0.3 is 0 Å². The maximum absolute atomic E-state index is 13.0. The van der Waals surface area contributed by atoms with Crippen molar-refractivity contribution in [3.05, 3.63) is 45.4 Å². The van der Waals surface area contributed by atoms with Crippen molar-refractivity contribution in [1.29, 1.82) is 0 Å². The molecule has 0 unspecified atom stereocenters. The van der Waals surface area contributed by atoms with Crippen LogP contribution in [0.25, 0.3) is 0 Å². The number of anilines is 1. The van der Waals surface area contributed by atoms with E-state index in [4.69, 9.17) is 14.5 Å². The van der Waals surface area contributed by atoms with Crippen molar-refractivity contribution in [2.45, 2.75) is 38.6 Å². The van der Waals surface area contributed by atoms with E-state index in [0.29, 0.717) is 36.0 Å². The van der Waals surface area contributed by atoms with Gasteiger partial charge in [0.15, 0.2) is 0 Å². The lowest BCUT2D eigenvalue weighted by atomic mass is 10.0. The number of piperidine rings is 1. The van der Waals surface area contributed by atoms with Gasteiger partial charge in [0.25, 0.3) is 5.56 Å². The third-order valence-corrected chi connectivity index (χ3v) is 5.89. The monoisotopic (exact) mass is 412 g/mol. The molecule has 4 rings (SSSR count). The van der Waals surface area contributed by atoms with Crippen molar-refractivity contribution in [2.75, 3.05) is 38.8 Å². The molecule has 30 heavy (non-hydrogen) atoms. The van der Waals surface area contributed by atoms with Gasteiger partial charge in [0.1, 0.15) is 11.5 Å². The van der Waals surface area contributed by atoms with Gasteiger partial charge in [0, 0.05) is 31.6 Å². The smallest absolute Gasteiger partial charge is 0.257 e. The van der Waals surface area contributed by atoms with Crippen LogP contribution in [0.1, 0.15) is 36.1 Å². The second kappa shape index (κ2) is 8.77. The number of amides is 1. The summed E-state index contributed by atoms with van der Waals surface area (Å²) < 4.78 is 10.6. The predicted molar refractivity (Wildman–Crippen MR) is 113 cm³/mol. The Hall–Kier alpha value is -3.03. The molecule has 1 fully saturated rings. The van der Waals surface area contributed by atoms with E-state index in [0.717, 1.165) is 37.2 Å². The maximum Gasteiger partial charge on any atom is 0.257 e. The first-order valence-corrected chi connectivity index (χ1v) is 10.4. The number of nitrogens with one attached hydrogen (secondary N) is 1. The summed E-state index contributed by atoms with van der Waals surface area (Å²) in [6.45, 7) is 2.68. The minimum Gasteiger partial charge on any atom is -0.497 e. The molecule has 2 aromatic rings. The fourth-order valence-corrected chi connectivity index (χ4v) is 4.18. The first-order chi connectivity index (χ1) is 14.6. The number of carbonyl (C=O) groups excluding carboxylic acids is 1. The van der Waals surface area contributed by atoms with Crippen molar-refractivity contribution in [2.24, 2.45) is 0 Å². The van der Waals surface area contributed by atoms with E-state index >= 15 is 0 Å². The Morgan fingerprint density at radius 2 is 1.93 bits per heavy atom. The van der Waals surface area contributed by atoms with E-state index in [1.165, 1.54) is 6.42 Å².